The molecule has 122 valence electrons. The van der Waals surface area contributed by atoms with Crippen molar-refractivity contribution < 1.29 is 18.7 Å². The normalized spacial score (nSPS) is 21.0. The number of anilines is 1. The lowest BCUT2D eigenvalue weighted by molar-refractivity contribution is -0.180. The van der Waals surface area contributed by atoms with Gasteiger partial charge in [-0.1, -0.05) is 11.3 Å². The first-order valence-corrected chi connectivity index (χ1v) is 8.61. The molecule has 0 amide bonds. The van der Waals surface area contributed by atoms with Gasteiger partial charge in [0, 0.05) is 18.8 Å². The lowest BCUT2D eigenvalue weighted by Gasteiger charge is -2.34. The van der Waals surface area contributed by atoms with Gasteiger partial charge in [-0.25, -0.2) is 4.98 Å². The summed E-state index contributed by atoms with van der Waals surface area (Å²) in [4.78, 5) is 17.8. The van der Waals surface area contributed by atoms with Crippen LogP contribution in [0.1, 0.15) is 35.4 Å². The highest BCUT2D eigenvalue weighted by atomic mass is 32.1. The van der Waals surface area contributed by atoms with Crippen LogP contribution < -0.4 is 5.73 Å². The standard InChI is InChI=1S/C16H18N2O4S/c17-15-18-12(11-2-1-7-20-11)14(23-15)13(19)10-3-5-16(6-4-10)21-8-9-22-16/h1-2,7,10H,3-6,8-9H2,(H2,17,18). The summed E-state index contributed by atoms with van der Waals surface area (Å²) in [7, 11) is 0. The molecule has 1 aliphatic heterocycles. The van der Waals surface area contributed by atoms with E-state index >= 15 is 0 Å². The highest BCUT2D eigenvalue weighted by molar-refractivity contribution is 7.17. The molecule has 7 heteroatoms. The zero-order chi connectivity index (χ0) is 15.9. The summed E-state index contributed by atoms with van der Waals surface area (Å²) in [6.45, 7) is 1.29. The molecule has 1 spiro atoms. The van der Waals surface area contributed by atoms with Gasteiger partial charge in [0.2, 0.25) is 0 Å². The van der Waals surface area contributed by atoms with Crippen LogP contribution in [0.3, 0.4) is 0 Å². The van der Waals surface area contributed by atoms with E-state index in [0.717, 1.165) is 25.7 Å². The number of carbonyl (C=O) groups excluding carboxylic acids is 1. The van der Waals surface area contributed by atoms with Crippen LogP contribution in [0.5, 0.6) is 0 Å². The Morgan fingerprint density at radius 3 is 2.70 bits per heavy atom. The number of hydrogen-bond acceptors (Lipinski definition) is 7. The fraction of sp³-hybridized carbons (Fsp3) is 0.500. The van der Waals surface area contributed by atoms with Crippen LogP contribution in [0.25, 0.3) is 11.5 Å². The summed E-state index contributed by atoms with van der Waals surface area (Å²) in [5.74, 6) is 0.185. The van der Waals surface area contributed by atoms with Crippen LogP contribution in [0, 0.1) is 5.92 Å². The molecular weight excluding hydrogens is 316 g/mol. The van der Waals surface area contributed by atoms with Crippen LogP contribution in [0.4, 0.5) is 5.13 Å². The van der Waals surface area contributed by atoms with Crippen LogP contribution in [0.15, 0.2) is 22.8 Å². The van der Waals surface area contributed by atoms with E-state index in [1.807, 2.05) is 0 Å². The zero-order valence-electron chi connectivity index (χ0n) is 12.6. The number of hydrogen-bond donors (Lipinski definition) is 1. The summed E-state index contributed by atoms with van der Waals surface area (Å²) in [5.41, 5.74) is 6.37. The van der Waals surface area contributed by atoms with Crippen LogP contribution >= 0.6 is 11.3 Å². The number of Topliss-reactive ketones (excluding diaryl/α,β-unsaturated/α-hetero) is 1. The Bertz CT molecular complexity index is 694. The van der Waals surface area contributed by atoms with Gasteiger partial charge in [0.1, 0.15) is 10.6 Å². The van der Waals surface area contributed by atoms with Crippen molar-refractivity contribution in [1.82, 2.24) is 4.98 Å². The number of nitrogens with two attached hydrogens (primary N) is 1. The highest BCUT2D eigenvalue weighted by Gasteiger charge is 2.42. The monoisotopic (exact) mass is 334 g/mol. The van der Waals surface area contributed by atoms with Crippen molar-refractivity contribution in [2.75, 3.05) is 18.9 Å². The Morgan fingerprint density at radius 1 is 1.30 bits per heavy atom. The summed E-state index contributed by atoms with van der Waals surface area (Å²) < 4.78 is 16.8. The molecule has 2 fully saturated rings. The van der Waals surface area contributed by atoms with Gasteiger partial charge >= 0.3 is 0 Å². The average Bonchev–Trinajstić information content (AvgIpc) is 3.28. The first-order valence-electron chi connectivity index (χ1n) is 7.79. The number of nitrogens with zero attached hydrogens (tertiary/aromatic N) is 1. The van der Waals surface area contributed by atoms with Gasteiger partial charge in [-0.2, -0.15) is 0 Å². The molecule has 0 unspecified atom stereocenters. The third kappa shape index (κ3) is 2.69. The Kier molecular flexibility index (Phi) is 3.71. The van der Waals surface area contributed by atoms with Crippen molar-refractivity contribution in [3.63, 3.8) is 0 Å². The summed E-state index contributed by atoms with van der Waals surface area (Å²) in [6, 6.07) is 3.57. The van der Waals surface area contributed by atoms with E-state index in [0.29, 0.717) is 34.7 Å². The van der Waals surface area contributed by atoms with E-state index in [1.165, 1.54) is 11.3 Å². The maximum atomic E-state index is 12.9. The summed E-state index contributed by atoms with van der Waals surface area (Å²) >= 11 is 1.23. The zero-order valence-corrected chi connectivity index (χ0v) is 13.4. The number of carbonyl (C=O) groups is 1. The Morgan fingerprint density at radius 2 is 2.04 bits per heavy atom. The number of rotatable bonds is 3. The minimum atomic E-state index is -0.451. The summed E-state index contributed by atoms with van der Waals surface area (Å²) in [6.07, 6.45) is 4.60. The minimum Gasteiger partial charge on any atom is -0.463 e. The van der Waals surface area contributed by atoms with Crippen molar-refractivity contribution in [3.8, 4) is 11.5 Å². The maximum Gasteiger partial charge on any atom is 0.181 e. The predicted octanol–water partition coefficient (Wildman–Crippen LogP) is 3.10. The molecule has 2 N–H and O–H groups in total. The molecule has 1 aliphatic carbocycles. The van der Waals surface area contributed by atoms with Crippen molar-refractivity contribution >= 4 is 22.3 Å². The Labute approximate surface area is 137 Å². The number of aromatic nitrogens is 1. The molecule has 0 radical (unpaired) electrons. The van der Waals surface area contributed by atoms with Crippen molar-refractivity contribution in [3.05, 3.63) is 23.3 Å². The molecule has 0 atom stereocenters. The van der Waals surface area contributed by atoms with E-state index < -0.39 is 5.79 Å². The van der Waals surface area contributed by atoms with Crippen LogP contribution in [0.2, 0.25) is 0 Å². The topological polar surface area (TPSA) is 87.6 Å². The molecule has 4 rings (SSSR count). The van der Waals surface area contributed by atoms with Gasteiger partial charge in [0.05, 0.1) is 19.5 Å². The highest BCUT2D eigenvalue weighted by Crippen LogP contribution is 2.41. The molecule has 6 nitrogen and oxygen atoms in total. The molecule has 2 aromatic heterocycles. The molecule has 2 aliphatic rings. The van der Waals surface area contributed by atoms with Crippen molar-refractivity contribution in [2.45, 2.75) is 31.5 Å². The second kappa shape index (κ2) is 5.74. The van der Waals surface area contributed by atoms with Gasteiger partial charge in [-0.05, 0) is 25.0 Å². The number of furan rings is 1. The van der Waals surface area contributed by atoms with Gasteiger partial charge in [-0.3, -0.25) is 4.79 Å². The van der Waals surface area contributed by atoms with Crippen molar-refractivity contribution in [2.24, 2.45) is 5.92 Å². The van der Waals surface area contributed by atoms with E-state index in [2.05, 4.69) is 4.98 Å². The molecular formula is C16H18N2O4S. The molecule has 1 saturated heterocycles. The SMILES string of the molecule is Nc1nc(-c2ccco2)c(C(=O)C2CCC3(CC2)OCCO3)s1. The maximum absolute atomic E-state index is 12.9. The lowest BCUT2D eigenvalue weighted by Crippen LogP contribution is -2.37. The number of nitrogen functional groups attached to an aromatic ring is 1. The second-order valence-corrected chi connectivity index (χ2v) is 6.98. The first-order chi connectivity index (χ1) is 11.2. The van der Waals surface area contributed by atoms with Gasteiger partial charge in [0.15, 0.2) is 22.5 Å². The quantitative estimate of drug-likeness (QED) is 0.868. The first kappa shape index (κ1) is 14.9. The second-order valence-electron chi connectivity index (χ2n) is 5.95. The van der Waals surface area contributed by atoms with Crippen LogP contribution in [-0.2, 0) is 9.47 Å². The number of ether oxygens (including phenoxy) is 2. The van der Waals surface area contributed by atoms with E-state index in [4.69, 9.17) is 19.6 Å². The van der Waals surface area contributed by atoms with E-state index in [-0.39, 0.29) is 11.7 Å². The predicted molar refractivity (Wildman–Crippen MR) is 85.2 cm³/mol. The summed E-state index contributed by atoms with van der Waals surface area (Å²) in [5, 5.41) is 0.384. The van der Waals surface area contributed by atoms with Crippen LogP contribution in [-0.4, -0.2) is 29.8 Å². The van der Waals surface area contributed by atoms with Gasteiger partial charge in [0.25, 0.3) is 0 Å². The van der Waals surface area contributed by atoms with Gasteiger partial charge in [-0.15, -0.1) is 0 Å². The minimum absolute atomic E-state index is 0.0398. The molecule has 0 aromatic carbocycles. The third-order valence-corrected chi connectivity index (χ3v) is 5.45. The number of ketones is 1. The molecule has 3 heterocycles. The smallest absolute Gasteiger partial charge is 0.181 e. The number of thiazole rings is 1. The van der Waals surface area contributed by atoms with E-state index in [1.54, 1.807) is 18.4 Å². The van der Waals surface area contributed by atoms with Gasteiger partial charge < -0.3 is 19.6 Å². The molecule has 1 saturated carbocycles. The molecule has 2 aromatic rings. The third-order valence-electron chi connectivity index (χ3n) is 4.55. The molecule has 23 heavy (non-hydrogen) atoms. The Hall–Kier alpha value is -1.70. The average molecular weight is 334 g/mol. The largest absolute Gasteiger partial charge is 0.463 e. The van der Waals surface area contributed by atoms with Crippen molar-refractivity contribution in [1.29, 1.82) is 0 Å². The Balaban J connectivity index is 1.54. The molecule has 0 bridgehead atoms. The lowest BCUT2D eigenvalue weighted by atomic mass is 9.82. The van der Waals surface area contributed by atoms with E-state index in [9.17, 15) is 4.79 Å². The fourth-order valence-corrected chi connectivity index (χ4v) is 4.23. The fourth-order valence-electron chi connectivity index (χ4n) is 3.37.